The van der Waals surface area contributed by atoms with E-state index >= 15 is 0 Å². The molecule has 4 heteroatoms. The maximum absolute atomic E-state index is 10.7. The summed E-state index contributed by atoms with van der Waals surface area (Å²) < 4.78 is 10.7. The molecule has 1 N–H and O–H groups in total. The predicted octanol–water partition coefficient (Wildman–Crippen LogP) is 2.04. The van der Waals surface area contributed by atoms with Crippen LogP contribution in [-0.4, -0.2) is 30.4 Å². The maximum Gasteiger partial charge on any atom is 0.330 e. The van der Waals surface area contributed by atoms with Crippen LogP contribution in [0.25, 0.3) is 0 Å². The topological polar surface area (TPSA) is 59.1 Å². The van der Waals surface area contributed by atoms with Crippen molar-refractivity contribution in [3.63, 3.8) is 0 Å². The van der Waals surface area contributed by atoms with Gasteiger partial charge in [0.2, 0.25) is 0 Å². The van der Waals surface area contributed by atoms with Crippen molar-refractivity contribution in [3.05, 3.63) is 42.0 Å². The van der Waals surface area contributed by atoms with Crippen molar-refractivity contribution in [1.29, 1.82) is 0 Å². The number of epoxide rings is 1. The lowest BCUT2D eigenvalue weighted by Gasteiger charge is -2.10. The molecule has 0 aliphatic carbocycles. The molecule has 1 atom stereocenters. The zero-order valence-electron chi connectivity index (χ0n) is 10.1. The molecule has 1 aromatic rings. The lowest BCUT2D eigenvalue weighted by atomic mass is 10.0. The molecule has 1 aromatic carbocycles. The van der Waals surface area contributed by atoms with E-state index in [0.29, 0.717) is 19.4 Å². The highest BCUT2D eigenvalue weighted by Crippen LogP contribution is 2.22. The van der Waals surface area contributed by atoms with Crippen molar-refractivity contribution in [3.8, 4) is 5.75 Å². The molecule has 1 aliphatic heterocycles. The normalized spacial score (nSPS) is 17.2. The molecule has 1 fully saturated rings. The minimum atomic E-state index is -0.945. The van der Waals surface area contributed by atoms with Gasteiger partial charge in [-0.2, -0.15) is 0 Å². The summed E-state index contributed by atoms with van der Waals surface area (Å²) >= 11 is 0. The Kier molecular flexibility index (Phi) is 3.99. The highest BCUT2D eigenvalue weighted by Gasteiger charge is 2.23. The van der Waals surface area contributed by atoms with Crippen molar-refractivity contribution in [2.45, 2.75) is 18.9 Å². The highest BCUT2D eigenvalue weighted by atomic mass is 16.6. The molecule has 0 saturated carbocycles. The number of carbonyl (C=O) groups is 1. The summed E-state index contributed by atoms with van der Waals surface area (Å²) in [6.45, 7) is 4.84. The SMILES string of the molecule is C=C(CCc1ccccc1OCC1CO1)C(=O)O. The van der Waals surface area contributed by atoms with Gasteiger partial charge in [0.15, 0.2) is 0 Å². The number of rotatable bonds is 7. The van der Waals surface area contributed by atoms with E-state index in [0.717, 1.165) is 17.9 Å². The molecular formula is C14H16O4. The Bertz CT molecular complexity index is 449. The van der Waals surface area contributed by atoms with E-state index in [2.05, 4.69) is 6.58 Å². The molecule has 1 heterocycles. The average Bonchev–Trinajstić information content (AvgIpc) is 3.18. The second-order valence-electron chi connectivity index (χ2n) is 4.28. The van der Waals surface area contributed by atoms with Gasteiger partial charge in [-0.1, -0.05) is 24.8 Å². The minimum Gasteiger partial charge on any atom is -0.491 e. The van der Waals surface area contributed by atoms with E-state index in [1.54, 1.807) is 0 Å². The van der Waals surface area contributed by atoms with Crippen LogP contribution in [0.5, 0.6) is 5.75 Å². The van der Waals surface area contributed by atoms with Crippen molar-refractivity contribution in [1.82, 2.24) is 0 Å². The Morgan fingerprint density at radius 3 is 2.89 bits per heavy atom. The van der Waals surface area contributed by atoms with E-state index in [1.807, 2.05) is 24.3 Å². The zero-order chi connectivity index (χ0) is 13.0. The number of carboxylic acids is 1. The Morgan fingerprint density at radius 1 is 1.50 bits per heavy atom. The molecule has 0 bridgehead atoms. The summed E-state index contributed by atoms with van der Waals surface area (Å²) in [5.74, 6) is -0.147. The first kappa shape index (κ1) is 12.6. The molecule has 1 saturated heterocycles. The minimum absolute atomic E-state index is 0.215. The predicted molar refractivity (Wildman–Crippen MR) is 66.8 cm³/mol. The molecule has 1 aliphatic rings. The molecule has 0 spiro atoms. The van der Waals surface area contributed by atoms with E-state index < -0.39 is 5.97 Å². The molecule has 0 aromatic heterocycles. The fourth-order valence-corrected chi connectivity index (χ4v) is 1.59. The van der Waals surface area contributed by atoms with Crippen LogP contribution in [0, 0.1) is 0 Å². The molecule has 96 valence electrons. The van der Waals surface area contributed by atoms with Crippen LogP contribution in [0.2, 0.25) is 0 Å². The number of para-hydroxylation sites is 1. The summed E-state index contributed by atoms with van der Waals surface area (Å²) in [4.78, 5) is 10.7. The van der Waals surface area contributed by atoms with Gasteiger partial charge < -0.3 is 14.6 Å². The van der Waals surface area contributed by atoms with Crippen molar-refractivity contribution >= 4 is 5.97 Å². The molecule has 4 nitrogen and oxygen atoms in total. The smallest absolute Gasteiger partial charge is 0.330 e. The van der Waals surface area contributed by atoms with E-state index in [1.165, 1.54) is 0 Å². The highest BCUT2D eigenvalue weighted by molar-refractivity contribution is 5.85. The molecule has 1 unspecified atom stereocenters. The van der Waals surface area contributed by atoms with Gasteiger partial charge in [-0.25, -0.2) is 4.79 Å². The Hall–Kier alpha value is -1.81. The van der Waals surface area contributed by atoms with Crippen LogP contribution in [0.15, 0.2) is 36.4 Å². The Labute approximate surface area is 106 Å². The molecular weight excluding hydrogens is 232 g/mol. The second-order valence-corrected chi connectivity index (χ2v) is 4.28. The lowest BCUT2D eigenvalue weighted by molar-refractivity contribution is -0.132. The number of ether oxygens (including phenoxy) is 2. The number of aryl methyl sites for hydroxylation is 1. The largest absolute Gasteiger partial charge is 0.491 e. The molecule has 0 amide bonds. The molecule has 0 radical (unpaired) electrons. The summed E-state index contributed by atoms with van der Waals surface area (Å²) in [5.41, 5.74) is 1.22. The van der Waals surface area contributed by atoms with Gasteiger partial charge in [0.05, 0.1) is 6.61 Å². The maximum atomic E-state index is 10.7. The van der Waals surface area contributed by atoms with E-state index in [9.17, 15) is 4.79 Å². The number of hydrogen-bond acceptors (Lipinski definition) is 3. The fourth-order valence-electron chi connectivity index (χ4n) is 1.59. The standard InChI is InChI=1S/C14H16O4/c1-10(14(15)16)6-7-11-4-2-3-5-13(11)18-9-12-8-17-12/h2-5,12H,1,6-9H2,(H,15,16). The summed E-state index contributed by atoms with van der Waals surface area (Å²) in [6, 6.07) is 7.65. The lowest BCUT2D eigenvalue weighted by Crippen LogP contribution is -2.06. The number of carboxylic acid groups (broad SMARTS) is 1. The van der Waals surface area contributed by atoms with Crippen LogP contribution >= 0.6 is 0 Å². The third kappa shape index (κ3) is 3.60. The van der Waals surface area contributed by atoms with Gasteiger partial charge in [-0.3, -0.25) is 0 Å². The molecule has 18 heavy (non-hydrogen) atoms. The molecule has 2 rings (SSSR count). The van der Waals surface area contributed by atoms with Crippen LogP contribution in [-0.2, 0) is 16.0 Å². The second kappa shape index (κ2) is 5.69. The van der Waals surface area contributed by atoms with Gasteiger partial charge >= 0.3 is 5.97 Å². The van der Waals surface area contributed by atoms with Crippen LogP contribution in [0.4, 0.5) is 0 Å². The van der Waals surface area contributed by atoms with E-state index in [-0.39, 0.29) is 11.7 Å². The van der Waals surface area contributed by atoms with Gasteiger partial charge in [-0.15, -0.1) is 0 Å². The average molecular weight is 248 g/mol. The van der Waals surface area contributed by atoms with Gasteiger partial charge in [-0.05, 0) is 24.5 Å². The van der Waals surface area contributed by atoms with Crippen LogP contribution in [0.3, 0.4) is 0 Å². The summed E-state index contributed by atoms with van der Waals surface area (Å²) in [5, 5.41) is 8.77. The van der Waals surface area contributed by atoms with Crippen LogP contribution < -0.4 is 4.74 Å². The van der Waals surface area contributed by atoms with Crippen molar-refractivity contribution < 1.29 is 19.4 Å². The van der Waals surface area contributed by atoms with Crippen LogP contribution in [0.1, 0.15) is 12.0 Å². The quantitative estimate of drug-likeness (QED) is 0.592. The number of hydrogen-bond donors (Lipinski definition) is 1. The Balaban J connectivity index is 1.93. The Morgan fingerprint density at radius 2 is 2.22 bits per heavy atom. The summed E-state index contributed by atoms with van der Waals surface area (Å²) in [7, 11) is 0. The van der Waals surface area contributed by atoms with Crippen molar-refractivity contribution in [2.75, 3.05) is 13.2 Å². The first-order chi connectivity index (χ1) is 8.66. The first-order valence-corrected chi connectivity index (χ1v) is 5.90. The van der Waals surface area contributed by atoms with Gasteiger partial charge in [0.25, 0.3) is 0 Å². The summed E-state index contributed by atoms with van der Waals surface area (Å²) in [6.07, 6.45) is 1.26. The zero-order valence-corrected chi connectivity index (χ0v) is 10.1. The van der Waals surface area contributed by atoms with E-state index in [4.69, 9.17) is 14.6 Å². The monoisotopic (exact) mass is 248 g/mol. The first-order valence-electron chi connectivity index (χ1n) is 5.90. The van der Waals surface area contributed by atoms with Gasteiger partial charge in [0, 0.05) is 5.57 Å². The third-order valence-corrected chi connectivity index (χ3v) is 2.80. The fraction of sp³-hybridized carbons (Fsp3) is 0.357. The number of benzene rings is 1. The van der Waals surface area contributed by atoms with Gasteiger partial charge in [0.1, 0.15) is 18.5 Å². The third-order valence-electron chi connectivity index (χ3n) is 2.80. The van der Waals surface area contributed by atoms with Crippen molar-refractivity contribution in [2.24, 2.45) is 0 Å². The number of aliphatic carboxylic acids is 1.